The highest BCUT2D eigenvalue weighted by molar-refractivity contribution is 7.79. The van der Waals surface area contributed by atoms with Crippen molar-refractivity contribution < 1.29 is 27.6 Å². The second-order valence-corrected chi connectivity index (χ2v) is 6.72. The van der Waals surface area contributed by atoms with E-state index >= 15 is 0 Å². The molecule has 2 aromatic rings. The number of hydrogen-bond acceptors (Lipinski definition) is 4. The standard InChI is InChI=1S/C17H16FN3O5S/c1-19-16(22)20-9-2-4-11-12-5-3-10(27(24)25)7-14(12)15(13(11)6-9)8-26-17(23)21-18/h2-7,15H,8H2,1H3,(H,21,23)(H,24,25)(H2,19,20,22). The van der Waals surface area contributed by atoms with Gasteiger partial charge in [0, 0.05) is 18.7 Å². The van der Waals surface area contributed by atoms with Gasteiger partial charge in [0.05, 0.1) is 4.90 Å². The maximum Gasteiger partial charge on any atom is 0.435 e. The van der Waals surface area contributed by atoms with Gasteiger partial charge in [0.2, 0.25) is 0 Å². The van der Waals surface area contributed by atoms with Crippen LogP contribution in [0.4, 0.5) is 19.8 Å². The summed E-state index contributed by atoms with van der Waals surface area (Å²) in [5.74, 6) is -0.484. The maximum absolute atomic E-state index is 12.2. The van der Waals surface area contributed by atoms with Gasteiger partial charge >= 0.3 is 12.1 Å². The fourth-order valence-electron chi connectivity index (χ4n) is 3.08. The van der Waals surface area contributed by atoms with Crippen LogP contribution in [0.25, 0.3) is 11.1 Å². The van der Waals surface area contributed by atoms with Crippen molar-refractivity contribution in [2.45, 2.75) is 10.8 Å². The molecule has 4 N–H and O–H groups in total. The summed E-state index contributed by atoms with van der Waals surface area (Å²) in [4.78, 5) is 22.9. The van der Waals surface area contributed by atoms with Crippen molar-refractivity contribution in [2.24, 2.45) is 0 Å². The minimum atomic E-state index is -2.17. The summed E-state index contributed by atoms with van der Waals surface area (Å²) in [7, 11) is 1.49. The van der Waals surface area contributed by atoms with Crippen LogP contribution in [0.3, 0.4) is 0 Å². The van der Waals surface area contributed by atoms with Gasteiger partial charge in [-0.15, -0.1) is 0 Å². The number of halogens is 1. The summed E-state index contributed by atoms with van der Waals surface area (Å²) in [6.07, 6.45) is -1.23. The minimum absolute atomic E-state index is 0.180. The van der Waals surface area contributed by atoms with Gasteiger partial charge in [-0.2, -0.15) is 5.54 Å². The highest BCUT2D eigenvalue weighted by Crippen LogP contribution is 2.46. The molecule has 0 saturated carbocycles. The number of ether oxygens (including phenoxy) is 1. The lowest BCUT2D eigenvalue weighted by atomic mass is 9.97. The number of carbonyl (C=O) groups is 2. The summed E-state index contributed by atoms with van der Waals surface area (Å²) in [5.41, 5.74) is 4.47. The lowest BCUT2D eigenvalue weighted by molar-refractivity contribution is 0.121. The number of fused-ring (bicyclic) bond motifs is 3. The second kappa shape index (κ2) is 7.72. The highest BCUT2D eigenvalue weighted by atomic mass is 32.2. The molecule has 0 saturated heterocycles. The van der Waals surface area contributed by atoms with E-state index in [9.17, 15) is 22.8 Å². The van der Waals surface area contributed by atoms with Gasteiger partial charge in [-0.3, -0.25) is 0 Å². The fourth-order valence-corrected chi connectivity index (χ4v) is 3.50. The quantitative estimate of drug-likeness (QED) is 0.471. The number of rotatable bonds is 4. The Bertz CT molecular complexity index is 937. The van der Waals surface area contributed by atoms with Crippen molar-refractivity contribution in [3.8, 4) is 11.1 Å². The van der Waals surface area contributed by atoms with Crippen LogP contribution in [-0.2, 0) is 15.8 Å². The average Bonchev–Trinajstić information content (AvgIpc) is 2.98. The Labute approximate surface area is 156 Å². The lowest BCUT2D eigenvalue weighted by Crippen LogP contribution is -2.24. The monoisotopic (exact) mass is 393 g/mol. The molecule has 2 atom stereocenters. The molecule has 1 aliphatic carbocycles. The van der Waals surface area contributed by atoms with Gasteiger partial charge in [0.15, 0.2) is 11.1 Å². The number of anilines is 1. The first-order chi connectivity index (χ1) is 12.9. The summed E-state index contributed by atoms with van der Waals surface area (Å²) >= 11 is -2.17. The molecule has 27 heavy (non-hydrogen) atoms. The largest absolute Gasteiger partial charge is 0.447 e. The van der Waals surface area contributed by atoms with Gasteiger partial charge in [-0.25, -0.2) is 13.8 Å². The van der Waals surface area contributed by atoms with Crippen LogP contribution in [0.2, 0.25) is 0 Å². The van der Waals surface area contributed by atoms with E-state index in [0.717, 1.165) is 22.2 Å². The predicted octanol–water partition coefficient (Wildman–Crippen LogP) is 2.74. The second-order valence-electron chi connectivity index (χ2n) is 5.75. The number of carbonyl (C=O) groups excluding carboxylic acids is 2. The zero-order chi connectivity index (χ0) is 19.6. The molecule has 0 heterocycles. The summed E-state index contributed by atoms with van der Waals surface area (Å²) < 4.78 is 37.9. The molecule has 0 aliphatic heterocycles. The van der Waals surface area contributed by atoms with Crippen molar-refractivity contribution in [2.75, 3.05) is 19.0 Å². The molecule has 10 heteroatoms. The van der Waals surface area contributed by atoms with Crippen LogP contribution in [0.15, 0.2) is 41.3 Å². The zero-order valence-corrected chi connectivity index (χ0v) is 14.9. The number of urea groups is 1. The molecule has 2 aromatic carbocycles. The molecule has 3 amide bonds. The number of amides is 3. The predicted molar refractivity (Wildman–Crippen MR) is 96.4 cm³/mol. The molecule has 142 valence electrons. The topological polar surface area (TPSA) is 117 Å². The summed E-state index contributed by atoms with van der Waals surface area (Å²) in [5, 5.41) is 5.10. The first-order valence-corrected chi connectivity index (χ1v) is 8.96. The zero-order valence-electron chi connectivity index (χ0n) is 14.1. The van der Waals surface area contributed by atoms with Crippen molar-refractivity contribution in [1.29, 1.82) is 0 Å². The first kappa shape index (κ1) is 18.8. The van der Waals surface area contributed by atoms with Crippen molar-refractivity contribution in [3.05, 3.63) is 47.5 Å². The Hall–Kier alpha value is -2.98. The van der Waals surface area contributed by atoms with Crippen LogP contribution in [0.1, 0.15) is 17.0 Å². The van der Waals surface area contributed by atoms with Gasteiger partial charge in [0.1, 0.15) is 6.61 Å². The van der Waals surface area contributed by atoms with E-state index in [2.05, 4.69) is 10.6 Å². The van der Waals surface area contributed by atoms with Gasteiger partial charge in [-0.1, -0.05) is 16.6 Å². The van der Waals surface area contributed by atoms with Gasteiger partial charge in [-0.05, 0) is 46.5 Å². The molecule has 0 spiro atoms. The molecule has 0 aromatic heterocycles. The Morgan fingerprint density at radius 3 is 2.48 bits per heavy atom. The molecular weight excluding hydrogens is 377 g/mol. The molecular formula is C17H16FN3O5S. The van der Waals surface area contributed by atoms with Crippen LogP contribution in [0, 0.1) is 0 Å². The SMILES string of the molecule is CNC(=O)Nc1ccc2c(c1)C(COC(=O)NF)c1cc(S(=O)O)ccc1-2. The van der Waals surface area contributed by atoms with E-state index in [-0.39, 0.29) is 11.5 Å². The van der Waals surface area contributed by atoms with Crippen LogP contribution >= 0.6 is 0 Å². The van der Waals surface area contributed by atoms with Crippen LogP contribution < -0.4 is 16.2 Å². The summed E-state index contributed by atoms with van der Waals surface area (Å²) in [6, 6.07) is 9.64. The van der Waals surface area contributed by atoms with Crippen LogP contribution in [0.5, 0.6) is 0 Å². The minimum Gasteiger partial charge on any atom is -0.447 e. The maximum atomic E-state index is 12.2. The van der Waals surface area contributed by atoms with Crippen molar-refractivity contribution in [1.82, 2.24) is 10.9 Å². The Balaban J connectivity index is 2.03. The van der Waals surface area contributed by atoms with Crippen molar-refractivity contribution in [3.63, 3.8) is 0 Å². The fraction of sp³-hybridized carbons (Fsp3) is 0.176. The highest BCUT2D eigenvalue weighted by Gasteiger charge is 2.31. The first-order valence-electron chi connectivity index (χ1n) is 7.86. The third-order valence-corrected chi connectivity index (χ3v) is 4.92. The molecule has 8 nitrogen and oxygen atoms in total. The number of hydrogen-bond donors (Lipinski definition) is 4. The number of benzene rings is 2. The van der Waals surface area contributed by atoms with E-state index in [1.807, 2.05) is 0 Å². The van der Waals surface area contributed by atoms with E-state index in [4.69, 9.17) is 4.74 Å². The van der Waals surface area contributed by atoms with E-state index < -0.39 is 29.1 Å². The molecule has 3 rings (SSSR count). The van der Waals surface area contributed by atoms with Gasteiger partial charge in [0.25, 0.3) is 0 Å². The van der Waals surface area contributed by atoms with Crippen LogP contribution in [-0.4, -0.2) is 34.5 Å². The normalized spacial score (nSPS) is 15.3. The Morgan fingerprint density at radius 2 is 1.85 bits per heavy atom. The van der Waals surface area contributed by atoms with E-state index in [1.54, 1.807) is 30.3 Å². The molecule has 2 unspecified atom stereocenters. The Kier molecular flexibility index (Phi) is 5.38. The number of nitrogens with one attached hydrogen (secondary N) is 3. The lowest BCUT2D eigenvalue weighted by Gasteiger charge is -2.15. The third-order valence-electron chi connectivity index (χ3n) is 4.26. The molecule has 0 bridgehead atoms. The van der Waals surface area contributed by atoms with E-state index in [0.29, 0.717) is 11.3 Å². The average molecular weight is 393 g/mol. The van der Waals surface area contributed by atoms with Gasteiger partial charge < -0.3 is 19.9 Å². The molecule has 0 fully saturated rings. The third kappa shape index (κ3) is 3.76. The van der Waals surface area contributed by atoms with E-state index in [1.165, 1.54) is 13.1 Å². The van der Waals surface area contributed by atoms with Crippen molar-refractivity contribution >= 4 is 28.9 Å². The smallest absolute Gasteiger partial charge is 0.435 e. The summed E-state index contributed by atoms with van der Waals surface area (Å²) in [6.45, 7) is -0.180. The Morgan fingerprint density at radius 1 is 1.19 bits per heavy atom. The molecule has 1 aliphatic rings. The molecule has 0 radical (unpaired) electrons.